The van der Waals surface area contributed by atoms with E-state index < -0.39 is 0 Å². The highest BCUT2D eigenvalue weighted by atomic mass is 32.1. The van der Waals surface area contributed by atoms with E-state index in [1.807, 2.05) is 36.0 Å². The average molecular weight is 420 g/mol. The van der Waals surface area contributed by atoms with E-state index >= 15 is 0 Å². The quantitative estimate of drug-likeness (QED) is 0.602. The molecule has 30 heavy (non-hydrogen) atoms. The van der Waals surface area contributed by atoms with Crippen molar-refractivity contribution in [1.82, 2.24) is 9.97 Å². The number of aliphatic imine (C=N–C) groups is 1. The van der Waals surface area contributed by atoms with Crippen LogP contribution in [0.5, 0.6) is 0 Å². The Morgan fingerprint density at radius 3 is 2.90 bits per heavy atom. The first-order valence-corrected chi connectivity index (χ1v) is 10.6. The topological polar surface area (TPSA) is 76.9 Å². The summed E-state index contributed by atoms with van der Waals surface area (Å²) in [5.41, 5.74) is 4.75. The van der Waals surface area contributed by atoms with Crippen molar-refractivity contribution in [2.75, 3.05) is 44.9 Å². The lowest BCUT2D eigenvalue weighted by atomic mass is 10.0. The summed E-state index contributed by atoms with van der Waals surface area (Å²) in [7, 11) is 1.40. The van der Waals surface area contributed by atoms with E-state index in [9.17, 15) is 4.79 Å². The van der Waals surface area contributed by atoms with Gasteiger partial charge in [0.25, 0.3) is 0 Å². The van der Waals surface area contributed by atoms with Crippen molar-refractivity contribution in [3.63, 3.8) is 0 Å². The number of aromatic nitrogens is 2. The van der Waals surface area contributed by atoms with E-state index in [0.29, 0.717) is 24.6 Å². The van der Waals surface area contributed by atoms with E-state index in [0.717, 1.165) is 52.2 Å². The second kappa shape index (κ2) is 7.97. The SMILES string of the molecule is COC(=O)c1cc(-c2cc(N3CCOCC3)nc3c(C4=CC=NC4)nccc23)cs1. The maximum atomic E-state index is 12.0. The fraction of sp³-hybridized carbons (Fsp3) is 0.273. The van der Waals surface area contributed by atoms with Gasteiger partial charge in [0.15, 0.2) is 0 Å². The summed E-state index contributed by atoms with van der Waals surface area (Å²) >= 11 is 1.38. The molecule has 3 aromatic rings. The van der Waals surface area contributed by atoms with E-state index in [1.165, 1.54) is 18.4 Å². The molecule has 8 heteroatoms. The summed E-state index contributed by atoms with van der Waals surface area (Å²) in [5.74, 6) is 0.564. The maximum Gasteiger partial charge on any atom is 0.348 e. The minimum absolute atomic E-state index is 0.325. The van der Waals surface area contributed by atoms with E-state index in [-0.39, 0.29) is 5.97 Å². The van der Waals surface area contributed by atoms with Crippen molar-refractivity contribution in [2.24, 2.45) is 4.99 Å². The van der Waals surface area contributed by atoms with Crippen LogP contribution >= 0.6 is 11.3 Å². The van der Waals surface area contributed by atoms with Crippen molar-refractivity contribution in [2.45, 2.75) is 0 Å². The zero-order chi connectivity index (χ0) is 20.5. The summed E-state index contributed by atoms with van der Waals surface area (Å²) in [6.45, 7) is 3.54. The fourth-order valence-corrected chi connectivity index (χ4v) is 4.58. The summed E-state index contributed by atoms with van der Waals surface area (Å²) in [6.07, 6.45) is 5.61. The molecule has 0 spiro atoms. The monoisotopic (exact) mass is 420 g/mol. The molecular weight excluding hydrogens is 400 g/mol. The lowest BCUT2D eigenvalue weighted by molar-refractivity contribution is 0.0606. The molecular formula is C22H20N4O3S. The molecule has 0 saturated carbocycles. The van der Waals surface area contributed by atoms with Crippen LogP contribution in [0.25, 0.3) is 27.6 Å². The number of allylic oxidation sites excluding steroid dienone is 1. The molecule has 0 aliphatic carbocycles. The van der Waals surface area contributed by atoms with Crippen LogP contribution in [0.2, 0.25) is 0 Å². The molecule has 0 bridgehead atoms. The van der Waals surface area contributed by atoms with Gasteiger partial charge in [0.1, 0.15) is 10.7 Å². The lowest BCUT2D eigenvalue weighted by Crippen LogP contribution is -2.36. The van der Waals surface area contributed by atoms with Crippen LogP contribution in [0.15, 0.2) is 40.8 Å². The molecule has 0 atom stereocenters. The Kier molecular flexibility index (Phi) is 5.02. The predicted octanol–water partition coefficient (Wildman–Crippen LogP) is 3.45. The minimum atomic E-state index is -0.325. The molecule has 1 fully saturated rings. The highest BCUT2D eigenvalue weighted by molar-refractivity contribution is 7.12. The number of nitrogens with zero attached hydrogens (tertiary/aromatic N) is 4. The van der Waals surface area contributed by atoms with Gasteiger partial charge >= 0.3 is 5.97 Å². The summed E-state index contributed by atoms with van der Waals surface area (Å²) in [5, 5.41) is 2.99. The highest BCUT2D eigenvalue weighted by Gasteiger charge is 2.20. The van der Waals surface area contributed by atoms with E-state index in [1.54, 1.807) is 0 Å². The van der Waals surface area contributed by atoms with Crippen LogP contribution in [-0.4, -0.2) is 62.1 Å². The van der Waals surface area contributed by atoms with E-state index in [2.05, 4.69) is 20.9 Å². The molecule has 5 rings (SSSR count). The van der Waals surface area contributed by atoms with Crippen molar-refractivity contribution < 1.29 is 14.3 Å². The van der Waals surface area contributed by atoms with Gasteiger partial charge in [0, 0.05) is 36.5 Å². The molecule has 152 valence electrons. The number of ether oxygens (including phenoxy) is 2. The zero-order valence-corrected chi connectivity index (χ0v) is 17.3. The van der Waals surface area contributed by atoms with Crippen LogP contribution in [-0.2, 0) is 9.47 Å². The first kappa shape index (κ1) is 18.9. The maximum absolute atomic E-state index is 12.0. The van der Waals surface area contributed by atoms with Crippen LogP contribution < -0.4 is 4.90 Å². The third-order valence-corrected chi connectivity index (χ3v) is 6.20. The summed E-state index contributed by atoms with van der Waals surface area (Å²) < 4.78 is 10.4. The summed E-state index contributed by atoms with van der Waals surface area (Å²) in [4.78, 5) is 28.7. The molecule has 7 nitrogen and oxygen atoms in total. The first-order valence-electron chi connectivity index (χ1n) is 9.73. The van der Waals surface area contributed by atoms with Crippen LogP contribution in [0.3, 0.4) is 0 Å². The predicted molar refractivity (Wildman–Crippen MR) is 119 cm³/mol. The standard InChI is InChI=1S/C22H20N4O3S/c1-28-22(27)18-10-15(13-30-18)17-11-19(26-6-8-29-9-7-26)25-21-16(17)3-5-24-20(21)14-2-4-23-12-14/h2-5,10-11,13H,6-9,12H2,1H3. The van der Waals surface area contributed by atoms with Crippen molar-refractivity contribution in [3.8, 4) is 11.1 Å². The number of hydrogen-bond acceptors (Lipinski definition) is 8. The van der Waals surface area contributed by atoms with Gasteiger partial charge in [-0.25, -0.2) is 9.78 Å². The van der Waals surface area contributed by atoms with Gasteiger partial charge in [0.2, 0.25) is 0 Å². The van der Waals surface area contributed by atoms with Gasteiger partial charge < -0.3 is 14.4 Å². The number of thiophene rings is 1. The van der Waals surface area contributed by atoms with Crippen molar-refractivity contribution >= 4 is 45.8 Å². The molecule has 3 aromatic heterocycles. The number of anilines is 1. The number of fused-ring (bicyclic) bond motifs is 1. The largest absolute Gasteiger partial charge is 0.465 e. The number of rotatable bonds is 4. The Morgan fingerprint density at radius 1 is 1.27 bits per heavy atom. The zero-order valence-electron chi connectivity index (χ0n) is 16.5. The van der Waals surface area contributed by atoms with Gasteiger partial charge in [-0.3, -0.25) is 9.98 Å². The second-order valence-electron chi connectivity index (χ2n) is 7.06. The number of morpholine rings is 1. The Balaban J connectivity index is 1.70. The first-order chi connectivity index (χ1) is 14.7. The molecule has 0 aromatic carbocycles. The molecule has 0 N–H and O–H groups in total. The normalized spacial score (nSPS) is 16.2. The number of methoxy groups -OCH3 is 1. The Bertz CT molecular complexity index is 1180. The number of esters is 1. The summed E-state index contributed by atoms with van der Waals surface area (Å²) in [6, 6.07) is 5.96. The molecule has 5 heterocycles. The number of hydrogen-bond donors (Lipinski definition) is 0. The molecule has 0 amide bonds. The van der Waals surface area contributed by atoms with Gasteiger partial charge in [-0.15, -0.1) is 11.3 Å². The van der Waals surface area contributed by atoms with Crippen LogP contribution in [0.1, 0.15) is 15.4 Å². The molecule has 1 saturated heterocycles. The van der Waals surface area contributed by atoms with Gasteiger partial charge in [-0.1, -0.05) is 0 Å². The Labute approximate surface area is 177 Å². The molecule has 2 aliphatic rings. The highest BCUT2D eigenvalue weighted by Crippen LogP contribution is 2.36. The third-order valence-electron chi connectivity index (χ3n) is 5.29. The van der Waals surface area contributed by atoms with Crippen LogP contribution in [0.4, 0.5) is 5.82 Å². The fourth-order valence-electron chi connectivity index (χ4n) is 3.75. The van der Waals surface area contributed by atoms with Crippen LogP contribution in [0, 0.1) is 0 Å². The van der Waals surface area contributed by atoms with Gasteiger partial charge in [-0.2, -0.15) is 0 Å². The molecule has 0 unspecified atom stereocenters. The Morgan fingerprint density at radius 2 is 2.13 bits per heavy atom. The lowest BCUT2D eigenvalue weighted by Gasteiger charge is -2.28. The van der Waals surface area contributed by atoms with Gasteiger partial charge in [0.05, 0.1) is 38.1 Å². The number of carbonyl (C=O) groups is 1. The molecule has 0 radical (unpaired) electrons. The van der Waals surface area contributed by atoms with E-state index in [4.69, 9.17) is 14.5 Å². The number of pyridine rings is 2. The Hall–Kier alpha value is -3.10. The molecule has 2 aliphatic heterocycles. The van der Waals surface area contributed by atoms with Crippen molar-refractivity contribution in [3.05, 3.63) is 46.4 Å². The number of carbonyl (C=O) groups excluding carboxylic acids is 1. The second-order valence-corrected chi connectivity index (χ2v) is 7.97. The van der Waals surface area contributed by atoms with Crippen molar-refractivity contribution in [1.29, 1.82) is 0 Å². The van der Waals surface area contributed by atoms with Gasteiger partial charge in [-0.05, 0) is 40.8 Å². The minimum Gasteiger partial charge on any atom is -0.465 e. The smallest absolute Gasteiger partial charge is 0.348 e. The average Bonchev–Trinajstić information content (AvgIpc) is 3.50. The third kappa shape index (κ3) is 3.38.